The molecule has 1 aliphatic rings. The van der Waals surface area contributed by atoms with Gasteiger partial charge in [0.05, 0.1) is 5.56 Å². The molecule has 0 spiro atoms. The second-order valence-electron chi connectivity index (χ2n) is 6.65. The first-order valence-corrected chi connectivity index (χ1v) is 8.23. The van der Waals surface area contributed by atoms with Crippen molar-refractivity contribution in [3.8, 4) is 11.8 Å². The van der Waals surface area contributed by atoms with Gasteiger partial charge in [0.15, 0.2) is 0 Å². The van der Waals surface area contributed by atoms with E-state index >= 15 is 0 Å². The van der Waals surface area contributed by atoms with Gasteiger partial charge in [0.1, 0.15) is 5.76 Å². The molecule has 0 heterocycles. The van der Waals surface area contributed by atoms with E-state index < -0.39 is 5.97 Å². The van der Waals surface area contributed by atoms with Crippen LogP contribution in [0.25, 0.3) is 0 Å². The van der Waals surface area contributed by atoms with Crippen LogP contribution in [0.2, 0.25) is 0 Å². The summed E-state index contributed by atoms with van der Waals surface area (Å²) in [6, 6.07) is 6.42. The predicted octanol–water partition coefficient (Wildman–Crippen LogP) is 4.32. The molecule has 0 bridgehead atoms. The molecule has 0 atom stereocenters. The van der Waals surface area contributed by atoms with Crippen molar-refractivity contribution < 1.29 is 19.4 Å². The maximum atomic E-state index is 11.3. The van der Waals surface area contributed by atoms with Crippen LogP contribution in [-0.4, -0.2) is 17.0 Å². The third-order valence-corrected chi connectivity index (χ3v) is 4.18. The molecule has 1 aromatic carbocycles. The Bertz CT molecular complexity index is 783. The summed E-state index contributed by atoms with van der Waals surface area (Å²) >= 11 is 0. The summed E-state index contributed by atoms with van der Waals surface area (Å²) in [5.74, 6) is 5.40. The molecule has 0 radical (unpaired) electrons. The Morgan fingerprint density at radius 3 is 2.52 bits per heavy atom. The summed E-state index contributed by atoms with van der Waals surface area (Å²) in [4.78, 5) is 22.1. The first-order valence-electron chi connectivity index (χ1n) is 8.23. The van der Waals surface area contributed by atoms with Crippen molar-refractivity contribution in [3.63, 3.8) is 0 Å². The molecule has 0 saturated heterocycles. The summed E-state index contributed by atoms with van der Waals surface area (Å²) in [6.07, 6.45) is 6.44. The highest BCUT2D eigenvalue weighted by Gasteiger charge is 2.29. The maximum Gasteiger partial charge on any atom is 0.335 e. The Hall–Kier alpha value is -2.80. The SMILES string of the molecule is CC(=O)OC1=C(C=CC#Cc2ccc(C(=O)O)cc2)C(C)(C)CCC1. The first-order chi connectivity index (χ1) is 11.8. The second-order valence-corrected chi connectivity index (χ2v) is 6.65. The van der Waals surface area contributed by atoms with Gasteiger partial charge in [-0.05, 0) is 60.2 Å². The number of hydrogen-bond donors (Lipinski definition) is 1. The van der Waals surface area contributed by atoms with E-state index in [9.17, 15) is 9.59 Å². The summed E-state index contributed by atoms with van der Waals surface area (Å²) in [7, 11) is 0. The van der Waals surface area contributed by atoms with E-state index in [2.05, 4.69) is 25.7 Å². The lowest BCUT2D eigenvalue weighted by Gasteiger charge is -2.32. The molecule has 4 nitrogen and oxygen atoms in total. The number of aromatic carboxylic acids is 1. The van der Waals surface area contributed by atoms with Gasteiger partial charge in [0, 0.05) is 18.9 Å². The number of carboxylic acid groups (broad SMARTS) is 1. The van der Waals surface area contributed by atoms with Crippen LogP contribution in [0.4, 0.5) is 0 Å². The molecule has 1 aromatic rings. The molecule has 1 aliphatic carbocycles. The Labute approximate surface area is 148 Å². The number of hydrogen-bond acceptors (Lipinski definition) is 3. The van der Waals surface area contributed by atoms with Crippen molar-refractivity contribution in [2.75, 3.05) is 0 Å². The number of esters is 1. The Morgan fingerprint density at radius 2 is 1.92 bits per heavy atom. The Morgan fingerprint density at radius 1 is 1.24 bits per heavy atom. The Balaban J connectivity index is 2.20. The number of ether oxygens (including phenoxy) is 1. The highest BCUT2D eigenvalue weighted by Crippen LogP contribution is 2.41. The van der Waals surface area contributed by atoms with Crippen molar-refractivity contribution in [2.24, 2.45) is 5.41 Å². The van der Waals surface area contributed by atoms with E-state index in [0.29, 0.717) is 0 Å². The minimum atomic E-state index is -0.955. The summed E-state index contributed by atoms with van der Waals surface area (Å²) in [6.45, 7) is 5.68. The third kappa shape index (κ3) is 5.09. The van der Waals surface area contributed by atoms with Crippen LogP contribution in [0.15, 0.2) is 47.7 Å². The van der Waals surface area contributed by atoms with Crippen molar-refractivity contribution in [2.45, 2.75) is 40.0 Å². The second kappa shape index (κ2) is 7.85. The quantitative estimate of drug-likeness (QED) is 0.658. The lowest BCUT2D eigenvalue weighted by molar-refractivity contribution is -0.137. The average Bonchev–Trinajstić information content (AvgIpc) is 2.53. The molecular formula is C21H22O4. The molecule has 0 unspecified atom stereocenters. The minimum Gasteiger partial charge on any atom is -0.478 e. The molecule has 0 amide bonds. The maximum absolute atomic E-state index is 11.3. The van der Waals surface area contributed by atoms with Crippen LogP contribution in [0.1, 0.15) is 56.0 Å². The molecule has 130 valence electrons. The average molecular weight is 338 g/mol. The summed E-state index contributed by atoms with van der Waals surface area (Å²) < 4.78 is 5.38. The smallest absolute Gasteiger partial charge is 0.335 e. The van der Waals surface area contributed by atoms with Crippen LogP contribution in [0.3, 0.4) is 0 Å². The van der Waals surface area contributed by atoms with Crippen LogP contribution >= 0.6 is 0 Å². The molecule has 4 heteroatoms. The summed E-state index contributed by atoms with van der Waals surface area (Å²) in [5.41, 5.74) is 1.92. The van der Waals surface area contributed by atoms with Gasteiger partial charge < -0.3 is 9.84 Å². The van der Waals surface area contributed by atoms with Crippen molar-refractivity contribution in [1.82, 2.24) is 0 Å². The van der Waals surface area contributed by atoms with Crippen LogP contribution in [0, 0.1) is 17.3 Å². The number of benzene rings is 1. The fourth-order valence-electron chi connectivity index (χ4n) is 2.88. The molecule has 0 aromatic heterocycles. The molecular weight excluding hydrogens is 316 g/mol. The number of rotatable bonds is 3. The van der Waals surface area contributed by atoms with Gasteiger partial charge in [-0.25, -0.2) is 4.79 Å². The van der Waals surface area contributed by atoms with E-state index in [1.54, 1.807) is 18.2 Å². The van der Waals surface area contributed by atoms with E-state index in [0.717, 1.165) is 36.2 Å². The van der Waals surface area contributed by atoms with Gasteiger partial charge in [-0.3, -0.25) is 4.79 Å². The molecule has 0 aliphatic heterocycles. The van der Waals surface area contributed by atoms with Gasteiger partial charge in [0.2, 0.25) is 0 Å². The first kappa shape index (κ1) is 18.5. The normalized spacial score (nSPS) is 16.3. The number of carbonyl (C=O) groups is 2. The van der Waals surface area contributed by atoms with Crippen molar-refractivity contribution in [3.05, 3.63) is 58.9 Å². The van der Waals surface area contributed by atoms with Crippen LogP contribution in [0.5, 0.6) is 0 Å². The lowest BCUT2D eigenvalue weighted by Crippen LogP contribution is -2.21. The largest absolute Gasteiger partial charge is 0.478 e. The third-order valence-electron chi connectivity index (χ3n) is 4.18. The van der Waals surface area contributed by atoms with Gasteiger partial charge in [-0.15, -0.1) is 0 Å². The lowest BCUT2D eigenvalue weighted by atomic mass is 9.74. The highest BCUT2D eigenvalue weighted by atomic mass is 16.5. The van der Waals surface area contributed by atoms with Crippen molar-refractivity contribution in [1.29, 1.82) is 0 Å². The topological polar surface area (TPSA) is 63.6 Å². The monoisotopic (exact) mass is 338 g/mol. The molecule has 0 saturated carbocycles. The molecule has 0 fully saturated rings. The standard InChI is InChI=1S/C21H22O4/c1-15(22)25-19-9-6-14-21(2,3)18(19)8-5-4-7-16-10-12-17(13-11-16)20(23)24/h5,8,10-13H,6,9,14H2,1-3H3,(H,23,24). The Kier molecular flexibility index (Phi) is 5.82. The fraction of sp³-hybridized carbons (Fsp3) is 0.333. The fourth-order valence-corrected chi connectivity index (χ4v) is 2.88. The minimum absolute atomic E-state index is 0.0651. The van der Waals surface area contributed by atoms with E-state index in [1.165, 1.54) is 19.1 Å². The van der Waals surface area contributed by atoms with E-state index in [1.807, 2.05) is 6.08 Å². The zero-order chi connectivity index (χ0) is 18.4. The summed E-state index contributed by atoms with van der Waals surface area (Å²) in [5, 5.41) is 8.88. The van der Waals surface area contributed by atoms with E-state index in [4.69, 9.17) is 9.84 Å². The van der Waals surface area contributed by atoms with Gasteiger partial charge >= 0.3 is 11.9 Å². The molecule has 2 rings (SSSR count). The predicted molar refractivity (Wildman–Crippen MR) is 95.8 cm³/mol. The van der Waals surface area contributed by atoms with E-state index in [-0.39, 0.29) is 16.9 Å². The zero-order valence-electron chi connectivity index (χ0n) is 14.8. The number of carboxylic acids is 1. The number of carbonyl (C=O) groups excluding carboxylic acids is 1. The van der Waals surface area contributed by atoms with Gasteiger partial charge in [0.25, 0.3) is 0 Å². The van der Waals surface area contributed by atoms with Gasteiger partial charge in [-0.1, -0.05) is 25.7 Å². The molecule has 1 N–H and O–H groups in total. The zero-order valence-corrected chi connectivity index (χ0v) is 14.8. The van der Waals surface area contributed by atoms with Crippen molar-refractivity contribution >= 4 is 11.9 Å². The van der Waals surface area contributed by atoms with Crippen LogP contribution < -0.4 is 0 Å². The van der Waals surface area contributed by atoms with Gasteiger partial charge in [-0.2, -0.15) is 0 Å². The van der Waals surface area contributed by atoms with Crippen LogP contribution in [-0.2, 0) is 9.53 Å². The molecule has 25 heavy (non-hydrogen) atoms. The highest BCUT2D eigenvalue weighted by molar-refractivity contribution is 5.87. The number of allylic oxidation sites excluding steroid dienone is 4.